The Bertz CT molecular complexity index is 597. The summed E-state index contributed by atoms with van der Waals surface area (Å²) >= 11 is 4.21. The van der Waals surface area contributed by atoms with Crippen molar-refractivity contribution in [3.8, 4) is 0 Å². The van der Waals surface area contributed by atoms with Gasteiger partial charge < -0.3 is 26.8 Å². The molecule has 5 unspecified atom stereocenters. The maximum absolute atomic E-state index is 12.6. The molecular weight excluding hydrogens is 434 g/mol. The molecule has 2 aliphatic rings. The zero-order valence-electron chi connectivity index (χ0n) is 16.7. The van der Waals surface area contributed by atoms with E-state index in [0.717, 1.165) is 6.42 Å². The molecule has 0 radical (unpaired) electrons. The third kappa shape index (κ3) is 7.21. The van der Waals surface area contributed by atoms with Crippen LogP contribution in [0, 0.1) is 5.92 Å². The number of thiol groups is 1. The Morgan fingerprint density at radius 2 is 1.97 bits per heavy atom. The molecule has 1 aliphatic carbocycles. The molecule has 1 heterocycles. The summed E-state index contributed by atoms with van der Waals surface area (Å²) in [6.45, 7) is 1.07. The minimum absolute atomic E-state index is 0.0255. The van der Waals surface area contributed by atoms with Gasteiger partial charge in [-0.15, -0.1) is 0 Å². The average molecular weight is 466 g/mol. The zero-order valence-corrected chi connectivity index (χ0v) is 19.2. The maximum atomic E-state index is 12.6. The normalized spacial score (nSPS) is 30.3. The number of likely N-dealkylation sites (N-methyl/N-ethyl adjacent to an activating group) is 2. The molecule has 2 fully saturated rings. The van der Waals surface area contributed by atoms with E-state index in [-0.39, 0.29) is 40.8 Å². The van der Waals surface area contributed by atoms with Gasteiger partial charge in [0.25, 0.3) is 0 Å². The van der Waals surface area contributed by atoms with Crippen molar-refractivity contribution in [2.75, 3.05) is 27.2 Å². The van der Waals surface area contributed by atoms with Gasteiger partial charge in [0, 0.05) is 35.7 Å². The van der Waals surface area contributed by atoms with Crippen LogP contribution in [0.1, 0.15) is 25.7 Å². The molecule has 166 valence electrons. The predicted octanol–water partition coefficient (Wildman–Crippen LogP) is -0.314. The van der Waals surface area contributed by atoms with Crippen LogP contribution < -0.4 is 21.7 Å². The van der Waals surface area contributed by atoms with Crippen LogP contribution in [-0.4, -0.2) is 83.0 Å². The van der Waals surface area contributed by atoms with E-state index >= 15 is 0 Å². The first-order chi connectivity index (χ1) is 13.7. The van der Waals surface area contributed by atoms with Gasteiger partial charge in [-0.25, -0.2) is 4.31 Å². The molecule has 0 spiro atoms. The number of nitrogens with zero attached hydrogens (tertiary/aromatic N) is 1. The summed E-state index contributed by atoms with van der Waals surface area (Å²) in [5.41, 5.74) is 6.23. The molecule has 1 saturated carbocycles. The van der Waals surface area contributed by atoms with E-state index in [4.69, 9.17) is 5.73 Å². The average Bonchev–Trinajstić information content (AvgIpc) is 2.61. The van der Waals surface area contributed by atoms with Crippen molar-refractivity contribution in [2.45, 2.75) is 54.3 Å². The number of rotatable bonds is 9. The molecule has 1 saturated heterocycles. The van der Waals surface area contributed by atoms with Gasteiger partial charge >= 0.3 is 5.97 Å². The standard InChI is InChI=1S/C17H31N5O4S3/c1-19-3-4-20-16(24)12(22(2)27)8-14(23)21-10-5-9(18)6-13-15(29-28-13)11(7-10)17(25)26/h9-13,15,19,27H,3-8,18H2,1-2H3,(H,20,24)(H,21,23)(H,25,26)/t9?,10?,11?,12-,13?,15?/m0/s1. The molecule has 0 aromatic rings. The van der Waals surface area contributed by atoms with Crippen LogP contribution in [0.15, 0.2) is 0 Å². The lowest BCUT2D eigenvalue weighted by Crippen LogP contribution is -2.51. The van der Waals surface area contributed by atoms with E-state index < -0.39 is 17.9 Å². The van der Waals surface area contributed by atoms with Gasteiger partial charge in [0.05, 0.1) is 12.3 Å². The fraction of sp³-hybridized carbons (Fsp3) is 0.824. The second kappa shape index (κ2) is 11.7. The number of hydrogen-bond acceptors (Lipinski definition) is 9. The van der Waals surface area contributed by atoms with Gasteiger partial charge in [-0.2, -0.15) is 0 Å². The van der Waals surface area contributed by atoms with E-state index in [1.807, 2.05) is 0 Å². The van der Waals surface area contributed by atoms with Gasteiger partial charge in [0.1, 0.15) is 6.04 Å². The highest BCUT2D eigenvalue weighted by Gasteiger charge is 2.46. The van der Waals surface area contributed by atoms with Crippen molar-refractivity contribution in [1.82, 2.24) is 20.3 Å². The second-order valence-corrected chi connectivity index (χ2v) is 10.9. The lowest BCUT2D eigenvalue weighted by atomic mass is 9.85. The summed E-state index contributed by atoms with van der Waals surface area (Å²) in [6, 6.07) is -1.15. The Hall–Kier alpha value is -0.660. The van der Waals surface area contributed by atoms with Crippen molar-refractivity contribution in [3.63, 3.8) is 0 Å². The van der Waals surface area contributed by atoms with Gasteiger partial charge in [-0.1, -0.05) is 34.4 Å². The molecule has 2 amide bonds. The summed E-state index contributed by atoms with van der Waals surface area (Å²) in [5.74, 6) is -1.94. The molecule has 6 atom stereocenters. The summed E-state index contributed by atoms with van der Waals surface area (Å²) in [4.78, 5) is 36.8. The molecule has 2 rings (SSSR count). The second-order valence-electron chi connectivity index (χ2n) is 7.56. The molecule has 0 bridgehead atoms. The van der Waals surface area contributed by atoms with Crippen molar-refractivity contribution < 1.29 is 19.5 Å². The Morgan fingerprint density at radius 1 is 1.24 bits per heavy atom. The number of hydrogen-bond donors (Lipinski definition) is 6. The van der Waals surface area contributed by atoms with E-state index in [1.54, 1.807) is 35.7 Å². The van der Waals surface area contributed by atoms with Gasteiger partial charge in [0.15, 0.2) is 0 Å². The molecule has 12 heteroatoms. The smallest absolute Gasteiger partial charge is 0.307 e. The first-order valence-corrected chi connectivity index (χ1v) is 12.3. The van der Waals surface area contributed by atoms with Crippen molar-refractivity contribution >= 4 is 52.2 Å². The number of nitrogens with one attached hydrogen (secondary N) is 3. The van der Waals surface area contributed by atoms with Crippen molar-refractivity contribution in [1.29, 1.82) is 0 Å². The first-order valence-electron chi connectivity index (χ1n) is 9.66. The summed E-state index contributed by atoms with van der Waals surface area (Å²) in [6.07, 6.45) is 1.55. The third-order valence-corrected chi connectivity index (χ3v) is 9.12. The van der Waals surface area contributed by atoms with E-state index in [1.165, 1.54) is 4.31 Å². The van der Waals surface area contributed by atoms with Crippen molar-refractivity contribution in [2.24, 2.45) is 11.7 Å². The number of carbonyl (C=O) groups is 3. The number of fused-ring (bicyclic) bond motifs is 1. The SMILES string of the molecule is CNCCNC(=O)[C@H](CC(=O)NC1CC(N)CC2SSC2C(C(=O)O)C1)N(C)S. The summed E-state index contributed by atoms with van der Waals surface area (Å²) in [5, 5.41) is 18.6. The van der Waals surface area contributed by atoms with Crippen LogP contribution in [0.4, 0.5) is 0 Å². The monoisotopic (exact) mass is 465 g/mol. The predicted molar refractivity (Wildman–Crippen MR) is 120 cm³/mol. The Kier molecular flexibility index (Phi) is 9.89. The number of carboxylic acid groups (broad SMARTS) is 1. The van der Waals surface area contributed by atoms with E-state index in [0.29, 0.717) is 25.9 Å². The highest BCUT2D eigenvalue weighted by molar-refractivity contribution is 8.80. The molecule has 1 aliphatic heterocycles. The lowest BCUT2D eigenvalue weighted by molar-refractivity contribution is -0.142. The number of amides is 2. The third-order valence-electron chi connectivity index (χ3n) is 5.20. The fourth-order valence-corrected chi connectivity index (χ4v) is 7.04. The number of carbonyl (C=O) groups excluding carboxylic acids is 2. The quantitative estimate of drug-likeness (QED) is 0.154. The maximum Gasteiger partial charge on any atom is 0.307 e. The Morgan fingerprint density at radius 3 is 2.52 bits per heavy atom. The zero-order chi connectivity index (χ0) is 21.6. The van der Waals surface area contributed by atoms with E-state index in [2.05, 4.69) is 28.8 Å². The van der Waals surface area contributed by atoms with Crippen LogP contribution >= 0.6 is 34.4 Å². The lowest BCUT2D eigenvalue weighted by Gasteiger charge is -2.43. The molecular formula is C17H31N5O4S3. The molecule has 9 nitrogen and oxygen atoms in total. The van der Waals surface area contributed by atoms with Crippen LogP contribution in [0.25, 0.3) is 0 Å². The topological polar surface area (TPSA) is 137 Å². The number of aliphatic carboxylic acids is 1. The Balaban J connectivity index is 1.96. The van der Waals surface area contributed by atoms with Crippen LogP contribution in [0.3, 0.4) is 0 Å². The minimum Gasteiger partial charge on any atom is -0.481 e. The van der Waals surface area contributed by atoms with Crippen LogP contribution in [-0.2, 0) is 14.4 Å². The van der Waals surface area contributed by atoms with E-state index in [9.17, 15) is 19.5 Å². The van der Waals surface area contributed by atoms with Gasteiger partial charge in [-0.3, -0.25) is 14.4 Å². The molecule has 29 heavy (non-hydrogen) atoms. The van der Waals surface area contributed by atoms with Crippen LogP contribution in [0.2, 0.25) is 0 Å². The highest BCUT2D eigenvalue weighted by atomic mass is 33.1. The van der Waals surface area contributed by atoms with Gasteiger partial charge in [0.2, 0.25) is 11.8 Å². The number of carboxylic acids is 1. The minimum atomic E-state index is -0.834. The van der Waals surface area contributed by atoms with Gasteiger partial charge in [-0.05, 0) is 33.4 Å². The molecule has 0 aromatic heterocycles. The Labute approximate surface area is 185 Å². The highest BCUT2D eigenvalue weighted by Crippen LogP contribution is 2.54. The number of nitrogens with two attached hydrogens (primary N) is 1. The molecule has 6 N–H and O–H groups in total. The first kappa shape index (κ1) is 24.6. The van der Waals surface area contributed by atoms with Crippen molar-refractivity contribution in [3.05, 3.63) is 0 Å². The largest absolute Gasteiger partial charge is 0.481 e. The van der Waals surface area contributed by atoms with Crippen LogP contribution in [0.5, 0.6) is 0 Å². The molecule has 0 aromatic carbocycles. The summed E-state index contributed by atoms with van der Waals surface area (Å²) in [7, 11) is 6.70. The summed E-state index contributed by atoms with van der Waals surface area (Å²) < 4.78 is 1.41. The fourth-order valence-electron chi connectivity index (χ4n) is 3.64.